The number of aromatic amines is 1. The number of alkyl halides is 2. The minimum absolute atomic E-state index is 0.0849. The first-order valence-electron chi connectivity index (χ1n) is 9.59. The van der Waals surface area contributed by atoms with E-state index in [1.807, 2.05) is 0 Å². The molecule has 1 aliphatic rings. The number of nitrogens with one attached hydrogen (secondary N) is 1. The molecule has 0 saturated carbocycles. The molecule has 1 fully saturated rings. The number of hydrogen-bond acceptors (Lipinski definition) is 6. The molecule has 1 aliphatic heterocycles. The van der Waals surface area contributed by atoms with Gasteiger partial charge in [-0.25, -0.2) is 22.9 Å². The molecule has 0 spiro atoms. The van der Waals surface area contributed by atoms with Crippen LogP contribution in [-0.2, 0) is 9.47 Å². The summed E-state index contributed by atoms with van der Waals surface area (Å²) in [5, 5.41) is 4.14. The standard InChI is InChI=1S/C19H24F2N4O5/c1-19(2,3)30-18(28)24-6-4-11(5-7-24)13-8-15(26)23-16-12(9-22-25(13)16)17(27)29-10-14(20)21/h8-9,11,14H,4-7,10H2,1-3H3,(H,23,26). The molecule has 3 heterocycles. The molecule has 0 unspecified atom stereocenters. The number of likely N-dealkylation sites (tertiary alicyclic amines) is 1. The summed E-state index contributed by atoms with van der Waals surface area (Å²) in [5.74, 6) is -1.07. The monoisotopic (exact) mass is 426 g/mol. The lowest BCUT2D eigenvalue weighted by atomic mass is 9.93. The van der Waals surface area contributed by atoms with E-state index in [-0.39, 0.29) is 23.2 Å². The maximum absolute atomic E-state index is 12.3. The van der Waals surface area contributed by atoms with Gasteiger partial charge < -0.3 is 19.4 Å². The fourth-order valence-corrected chi connectivity index (χ4v) is 3.35. The van der Waals surface area contributed by atoms with Gasteiger partial charge in [0.25, 0.3) is 12.0 Å². The van der Waals surface area contributed by atoms with Gasteiger partial charge in [0.15, 0.2) is 12.3 Å². The van der Waals surface area contributed by atoms with E-state index in [1.54, 1.807) is 25.7 Å². The summed E-state index contributed by atoms with van der Waals surface area (Å²) in [6, 6.07) is 1.39. The lowest BCUT2D eigenvalue weighted by molar-refractivity contribution is 0.0161. The zero-order valence-corrected chi connectivity index (χ0v) is 17.0. The van der Waals surface area contributed by atoms with Crippen LogP contribution in [0.5, 0.6) is 0 Å². The highest BCUT2D eigenvalue weighted by molar-refractivity contribution is 5.95. The van der Waals surface area contributed by atoms with Crippen LogP contribution < -0.4 is 5.56 Å². The highest BCUT2D eigenvalue weighted by atomic mass is 19.3. The maximum Gasteiger partial charge on any atom is 0.410 e. The summed E-state index contributed by atoms with van der Waals surface area (Å²) >= 11 is 0. The molecule has 9 nitrogen and oxygen atoms in total. The molecule has 0 atom stereocenters. The van der Waals surface area contributed by atoms with E-state index in [0.29, 0.717) is 31.6 Å². The first kappa shape index (κ1) is 21.7. The molecule has 2 aromatic heterocycles. The molecular formula is C19H24F2N4O5. The number of piperidine rings is 1. The van der Waals surface area contributed by atoms with Gasteiger partial charge in [0.05, 0.1) is 11.9 Å². The van der Waals surface area contributed by atoms with Crippen LogP contribution in [0.3, 0.4) is 0 Å². The van der Waals surface area contributed by atoms with Crippen LogP contribution in [0, 0.1) is 0 Å². The van der Waals surface area contributed by atoms with Crippen LogP contribution in [0.15, 0.2) is 17.1 Å². The van der Waals surface area contributed by atoms with Gasteiger partial charge >= 0.3 is 12.1 Å². The normalized spacial score (nSPS) is 15.6. The van der Waals surface area contributed by atoms with Crippen LogP contribution in [0.2, 0.25) is 0 Å². The van der Waals surface area contributed by atoms with Crippen molar-refractivity contribution in [1.82, 2.24) is 19.5 Å². The van der Waals surface area contributed by atoms with Crippen LogP contribution >= 0.6 is 0 Å². The Hall–Kier alpha value is -2.98. The number of ether oxygens (including phenoxy) is 2. The van der Waals surface area contributed by atoms with Crippen molar-refractivity contribution < 1.29 is 27.8 Å². The van der Waals surface area contributed by atoms with Crippen LogP contribution in [0.4, 0.5) is 13.6 Å². The van der Waals surface area contributed by atoms with Gasteiger partial charge in [-0.15, -0.1) is 0 Å². The number of rotatable bonds is 4. The van der Waals surface area contributed by atoms with Gasteiger partial charge in [-0.1, -0.05) is 0 Å². The van der Waals surface area contributed by atoms with Gasteiger partial charge in [0, 0.05) is 25.1 Å². The smallest absolute Gasteiger partial charge is 0.410 e. The third kappa shape index (κ3) is 4.95. The molecule has 0 aromatic carbocycles. The Morgan fingerprint density at radius 3 is 2.57 bits per heavy atom. The van der Waals surface area contributed by atoms with E-state index in [1.165, 1.54) is 16.8 Å². The second kappa shape index (κ2) is 8.41. The number of aromatic nitrogens is 3. The van der Waals surface area contributed by atoms with Gasteiger partial charge in [0.2, 0.25) is 0 Å². The van der Waals surface area contributed by atoms with Crippen molar-refractivity contribution in [2.24, 2.45) is 0 Å². The first-order valence-corrected chi connectivity index (χ1v) is 9.59. The van der Waals surface area contributed by atoms with E-state index in [4.69, 9.17) is 4.74 Å². The second-order valence-electron chi connectivity index (χ2n) is 8.11. The van der Waals surface area contributed by atoms with Gasteiger partial charge in [-0.2, -0.15) is 5.10 Å². The number of esters is 1. The summed E-state index contributed by atoms with van der Waals surface area (Å²) in [6.07, 6.45) is -0.856. The largest absolute Gasteiger partial charge is 0.456 e. The topological polar surface area (TPSA) is 106 Å². The average Bonchev–Trinajstić information content (AvgIpc) is 3.08. The second-order valence-corrected chi connectivity index (χ2v) is 8.11. The van der Waals surface area contributed by atoms with Crippen LogP contribution in [0.25, 0.3) is 5.65 Å². The van der Waals surface area contributed by atoms with E-state index >= 15 is 0 Å². The summed E-state index contributed by atoms with van der Waals surface area (Å²) in [5.41, 5.74) is -0.467. The third-order valence-electron chi connectivity index (χ3n) is 4.66. The van der Waals surface area contributed by atoms with Crippen molar-refractivity contribution in [3.05, 3.63) is 33.9 Å². The summed E-state index contributed by atoms with van der Waals surface area (Å²) in [7, 11) is 0. The zero-order chi connectivity index (χ0) is 22.1. The molecule has 1 N–H and O–H groups in total. The van der Waals surface area contributed by atoms with Crippen molar-refractivity contribution in [3.8, 4) is 0 Å². The fraction of sp³-hybridized carbons (Fsp3) is 0.579. The minimum Gasteiger partial charge on any atom is -0.456 e. The number of fused-ring (bicyclic) bond motifs is 1. The Kier molecular flexibility index (Phi) is 6.09. The summed E-state index contributed by atoms with van der Waals surface area (Å²) in [6.45, 7) is 5.24. The van der Waals surface area contributed by atoms with Crippen molar-refractivity contribution >= 4 is 17.7 Å². The van der Waals surface area contributed by atoms with E-state index in [2.05, 4.69) is 14.8 Å². The number of carbonyl (C=O) groups is 2. The molecule has 3 rings (SSSR count). The number of nitrogens with zero attached hydrogens (tertiary/aromatic N) is 3. The SMILES string of the molecule is CC(C)(C)OC(=O)N1CCC(c2cc(=O)[nH]c3c(C(=O)OCC(F)F)cnn23)CC1. The van der Waals surface area contributed by atoms with E-state index in [9.17, 15) is 23.2 Å². The van der Waals surface area contributed by atoms with Crippen LogP contribution in [-0.4, -0.2) is 63.3 Å². The van der Waals surface area contributed by atoms with E-state index < -0.39 is 30.2 Å². The van der Waals surface area contributed by atoms with Gasteiger partial charge in [-0.3, -0.25) is 4.79 Å². The number of amides is 1. The Balaban J connectivity index is 1.78. The Morgan fingerprint density at radius 2 is 1.97 bits per heavy atom. The Bertz CT molecular complexity index is 987. The molecule has 1 saturated heterocycles. The number of H-pyrrole nitrogens is 1. The molecule has 0 bridgehead atoms. The predicted molar refractivity (Wildman–Crippen MR) is 102 cm³/mol. The molecule has 0 aliphatic carbocycles. The lowest BCUT2D eigenvalue weighted by Crippen LogP contribution is -2.41. The predicted octanol–water partition coefficient (Wildman–Crippen LogP) is 2.56. The molecule has 0 radical (unpaired) electrons. The average molecular weight is 426 g/mol. The quantitative estimate of drug-likeness (QED) is 0.754. The Labute approximate surface area is 170 Å². The number of halogens is 2. The fourth-order valence-electron chi connectivity index (χ4n) is 3.35. The molecule has 2 aromatic rings. The molecular weight excluding hydrogens is 402 g/mol. The molecule has 30 heavy (non-hydrogen) atoms. The van der Waals surface area contributed by atoms with Crippen molar-refractivity contribution in [2.45, 2.75) is 51.6 Å². The number of hydrogen-bond donors (Lipinski definition) is 1. The van der Waals surface area contributed by atoms with Crippen molar-refractivity contribution in [3.63, 3.8) is 0 Å². The summed E-state index contributed by atoms with van der Waals surface area (Å²) in [4.78, 5) is 40.6. The first-order chi connectivity index (χ1) is 14.0. The Morgan fingerprint density at radius 1 is 1.30 bits per heavy atom. The molecule has 164 valence electrons. The zero-order valence-electron chi connectivity index (χ0n) is 17.0. The molecule has 1 amide bonds. The van der Waals surface area contributed by atoms with E-state index in [0.717, 1.165) is 0 Å². The third-order valence-corrected chi connectivity index (χ3v) is 4.66. The molecule has 11 heteroatoms. The van der Waals surface area contributed by atoms with Crippen molar-refractivity contribution in [1.29, 1.82) is 0 Å². The highest BCUT2D eigenvalue weighted by Crippen LogP contribution is 2.28. The lowest BCUT2D eigenvalue weighted by Gasteiger charge is -2.33. The van der Waals surface area contributed by atoms with Crippen LogP contribution in [0.1, 0.15) is 55.6 Å². The van der Waals surface area contributed by atoms with Crippen molar-refractivity contribution in [2.75, 3.05) is 19.7 Å². The summed E-state index contributed by atoms with van der Waals surface area (Å²) < 4.78 is 36.0. The van der Waals surface area contributed by atoms with Gasteiger partial charge in [0.1, 0.15) is 11.2 Å². The van der Waals surface area contributed by atoms with Gasteiger partial charge in [-0.05, 0) is 33.6 Å². The number of carbonyl (C=O) groups excluding carboxylic acids is 2. The minimum atomic E-state index is -2.79. The highest BCUT2D eigenvalue weighted by Gasteiger charge is 2.29. The maximum atomic E-state index is 12.3.